The molecular formula is C30H26ClNO5. The number of hydrogen-bond acceptors (Lipinski definition) is 5. The Hall–Kier alpha value is -4.03. The molecule has 0 bridgehead atoms. The monoisotopic (exact) mass is 515 g/mol. The molecule has 0 aliphatic carbocycles. The molecular weight excluding hydrogens is 490 g/mol. The first-order chi connectivity index (χ1) is 17.8. The lowest BCUT2D eigenvalue weighted by Gasteiger charge is -2.26. The number of carbonyl (C=O) groups excluding carboxylic acids is 1. The van der Waals surface area contributed by atoms with Gasteiger partial charge in [0, 0.05) is 11.6 Å². The summed E-state index contributed by atoms with van der Waals surface area (Å²) in [6.45, 7) is 7.99. The molecule has 7 heteroatoms. The highest BCUT2D eigenvalue weighted by atomic mass is 35.5. The molecule has 37 heavy (non-hydrogen) atoms. The molecule has 1 amide bonds. The fraction of sp³-hybridized carbons (Fsp3) is 0.200. The van der Waals surface area contributed by atoms with Gasteiger partial charge < -0.3 is 18.8 Å². The number of nitrogens with zero attached hydrogens (tertiary/aromatic N) is 1. The highest BCUT2D eigenvalue weighted by Crippen LogP contribution is 2.42. The van der Waals surface area contributed by atoms with Gasteiger partial charge in [0.1, 0.15) is 12.2 Å². The molecule has 1 aliphatic rings. The predicted molar refractivity (Wildman–Crippen MR) is 144 cm³/mol. The zero-order valence-electron chi connectivity index (χ0n) is 20.8. The normalized spacial score (nSPS) is 14.6. The van der Waals surface area contributed by atoms with E-state index in [-0.39, 0.29) is 23.6 Å². The lowest BCUT2D eigenvalue weighted by Crippen LogP contribution is -2.29. The molecule has 0 N–H and O–H groups in total. The quantitative estimate of drug-likeness (QED) is 0.267. The highest BCUT2D eigenvalue weighted by Gasteiger charge is 2.43. The zero-order chi connectivity index (χ0) is 26.3. The number of methoxy groups -OCH3 is 1. The largest absolute Gasteiger partial charge is 0.493 e. The second-order valence-electron chi connectivity index (χ2n) is 9.07. The minimum atomic E-state index is -0.706. The minimum Gasteiger partial charge on any atom is -0.493 e. The van der Waals surface area contributed by atoms with Gasteiger partial charge in [-0.1, -0.05) is 54.6 Å². The van der Waals surface area contributed by atoms with Crippen molar-refractivity contribution in [2.24, 2.45) is 0 Å². The van der Waals surface area contributed by atoms with Crippen molar-refractivity contribution in [3.05, 3.63) is 116 Å². The second-order valence-corrected chi connectivity index (χ2v) is 9.48. The summed E-state index contributed by atoms with van der Waals surface area (Å²) in [5, 5.41) is 0.984. The van der Waals surface area contributed by atoms with E-state index >= 15 is 0 Å². The van der Waals surface area contributed by atoms with Gasteiger partial charge >= 0.3 is 0 Å². The van der Waals surface area contributed by atoms with E-state index < -0.39 is 6.04 Å². The average molecular weight is 516 g/mol. The Morgan fingerprint density at radius 2 is 1.86 bits per heavy atom. The number of benzene rings is 3. The molecule has 0 saturated heterocycles. The SMILES string of the molecule is C=CCOc1ccc(C2c3c(oc4c(C)cc(C)cc4c3=O)C(=O)N2Cc2ccccc2Cl)cc1OC. The molecule has 1 aromatic heterocycles. The van der Waals surface area contributed by atoms with Crippen molar-refractivity contribution in [1.82, 2.24) is 4.90 Å². The van der Waals surface area contributed by atoms with Crippen LogP contribution in [0, 0.1) is 13.8 Å². The van der Waals surface area contributed by atoms with Crippen molar-refractivity contribution in [2.45, 2.75) is 26.4 Å². The number of carbonyl (C=O) groups is 1. The van der Waals surface area contributed by atoms with Crippen LogP contribution in [0.5, 0.6) is 11.5 Å². The van der Waals surface area contributed by atoms with Crippen LogP contribution in [0.15, 0.2) is 76.5 Å². The smallest absolute Gasteiger partial charge is 0.291 e. The third-order valence-electron chi connectivity index (χ3n) is 6.56. The highest BCUT2D eigenvalue weighted by molar-refractivity contribution is 6.31. The predicted octanol–water partition coefficient (Wildman–Crippen LogP) is 6.38. The lowest BCUT2D eigenvalue weighted by atomic mass is 9.96. The Morgan fingerprint density at radius 3 is 2.59 bits per heavy atom. The Labute approximate surface area is 219 Å². The molecule has 0 fully saturated rings. The Balaban J connectivity index is 1.73. The van der Waals surface area contributed by atoms with Crippen LogP contribution in [-0.4, -0.2) is 24.5 Å². The number of fused-ring (bicyclic) bond motifs is 2. The van der Waals surface area contributed by atoms with Crippen molar-refractivity contribution < 1.29 is 18.7 Å². The summed E-state index contributed by atoms with van der Waals surface area (Å²) in [6.07, 6.45) is 1.64. The van der Waals surface area contributed by atoms with Crippen LogP contribution < -0.4 is 14.9 Å². The molecule has 3 aromatic carbocycles. The van der Waals surface area contributed by atoms with Crippen LogP contribution in [0.3, 0.4) is 0 Å². The van der Waals surface area contributed by atoms with Crippen molar-refractivity contribution in [1.29, 1.82) is 0 Å². The maximum atomic E-state index is 13.9. The molecule has 2 heterocycles. The first kappa shape index (κ1) is 24.7. The molecule has 1 unspecified atom stereocenters. The summed E-state index contributed by atoms with van der Waals surface area (Å²) < 4.78 is 17.5. The fourth-order valence-corrected chi connectivity index (χ4v) is 5.11. The van der Waals surface area contributed by atoms with Gasteiger partial charge in [0.05, 0.1) is 24.1 Å². The minimum absolute atomic E-state index is 0.0486. The van der Waals surface area contributed by atoms with E-state index in [1.54, 1.807) is 42.4 Å². The number of halogens is 1. The number of ether oxygens (including phenoxy) is 2. The van der Waals surface area contributed by atoms with Gasteiger partial charge in [0.15, 0.2) is 16.9 Å². The number of rotatable bonds is 7. The summed E-state index contributed by atoms with van der Waals surface area (Å²) in [5.41, 5.74) is 3.69. The third kappa shape index (κ3) is 4.27. The molecule has 0 radical (unpaired) electrons. The third-order valence-corrected chi connectivity index (χ3v) is 6.92. The van der Waals surface area contributed by atoms with Gasteiger partial charge in [0.25, 0.3) is 5.91 Å². The molecule has 4 aromatic rings. The number of amides is 1. The van der Waals surface area contributed by atoms with E-state index in [2.05, 4.69) is 6.58 Å². The van der Waals surface area contributed by atoms with Crippen LogP contribution in [0.25, 0.3) is 11.0 Å². The van der Waals surface area contributed by atoms with Crippen LogP contribution in [0.2, 0.25) is 5.02 Å². The van der Waals surface area contributed by atoms with Crippen LogP contribution >= 0.6 is 11.6 Å². The first-order valence-electron chi connectivity index (χ1n) is 11.9. The van der Waals surface area contributed by atoms with Crippen molar-refractivity contribution in [3.8, 4) is 11.5 Å². The average Bonchev–Trinajstić information content (AvgIpc) is 3.16. The molecule has 1 atom stereocenters. The molecule has 188 valence electrons. The van der Waals surface area contributed by atoms with E-state index in [1.165, 1.54) is 0 Å². The van der Waals surface area contributed by atoms with E-state index in [0.717, 1.165) is 16.7 Å². The molecule has 6 nitrogen and oxygen atoms in total. The van der Waals surface area contributed by atoms with Crippen molar-refractivity contribution in [2.75, 3.05) is 13.7 Å². The summed E-state index contributed by atoms with van der Waals surface area (Å²) in [4.78, 5) is 29.4. The Kier molecular flexibility index (Phi) is 6.52. The molecule has 5 rings (SSSR count). The van der Waals surface area contributed by atoms with Gasteiger partial charge in [-0.2, -0.15) is 0 Å². The van der Waals surface area contributed by atoms with Crippen molar-refractivity contribution >= 4 is 28.5 Å². The zero-order valence-corrected chi connectivity index (χ0v) is 21.6. The first-order valence-corrected chi connectivity index (χ1v) is 12.3. The molecule has 0 spiro atoms. The van der Waals surface area contributed by atoms with E-state index in [4.69, 9.17) is 25.5 Å². The molecule has 1 aliphatic heterocycles. The van der Waals surface area contributed by atoms with Gasteiger partial charge in [-0.05, 0) is 60.4 Å². The van der Waals surface area contributed by atoms with Crippen LogP contribution in [0.4, 0.5) is 0 Å². The van der Waals surface area contributed by atoms with Crippen molar-refractivity contribution in [3.63, 3.8) is 0 Å². The fourth-order valence-electron chi connectivity index (χ4n) is 4.92. The van der Waals surface area contributed by atoms with Crippen LogP contribution in [0.1, 0.15) is 44.4 Å². The van der Waals surface area contributed by atoms with Gasteiger partial charge in [-0.3, -0.25) is 9.59 Å². The van der Waals surface area contributed by atoms with Gasteiger partial charge in [-0.15, -0.1) is 0 Å². The molecule has 0 saturated carbocycles. The lowest BCUT2D eigenvalue weighted by molar-refractivity contribution is 0.0714. The van der Waals surface area contributed by atoms with Gasteiger partial charge in [0.2, 0.25) is 5.76 Å². The Bertz CT molecular complexity index is 1610. The topological polar surface area (TPSA) is 69.0 Å². The van der Waals surface area contributed by atoms with E-state index in [0.29, 0.717) is 45.2 Å². The standard InChI is InChI=1S/C30H26ClNO5/c1-5-12-36-23-11-10-19(15-24(23)35-4)26-25-27(33)21-14-17(2)13-18(3)28(21)37-29(25)30(34)32(26)16-20-8-6-7-9-22(20)31/h5-11,13-15,26H,1,12,16H2,2-4H3. The van der Waals surface area contributed by atoms with Gasteiger partial charge in [-0.25, -0.2) is 0 Å². The maximum absolute atomic E-state index is 13.9. The summed E-state index contributed by atoms with van der Waals surface area (Å²) in [6, 6.07) is 15.8. The van der Waals surface area contributed by atoms with Crippen LogP contribution in [-0.2, 0) is 6.54 Å². The second kappa shape index (κ2) is 9.79. The summed E-state index contributed by atoms with van der Waals surface area (Å²) in [5.74, 6) is 0.692. The Morgan fingerprint density at radius 1 is 1.08 bits per heavy atom. The number of hydrogen-bond donors (Lipinski definition) is 0. The van der Waals surface area contributed by atoms with E-state index in [9.17, 15) is 9.59 Å². The summed E-state index contributed by atoms with van der Waals surface area (Å²) in [7, 11) is 1.54. The van der Waals surface area contributed by atoms with E-state index in [1.807, 2.05) is 44.2 Å². The maximum Gasteiger partial charge on any atom is 0.291 e. The summed E-state index contributed by atoms with van der Waals surface area (Å²) >= 11 is 6.46. The number of aryl methyl sites for hydroxylation is 2.